The van der Waals surface area contributed by atoms with Gasteiger partial charge in [-0.1, -0.05) is 35.8 Å². The number of thiazole rings is 1. The average Bonchev–Trinajstić information content (AvgIpc) is 3.12. The van der Waals surface area contributed by atoms with Crippen molar-refractivity contribution in [2.24, 2.45) is 0 Å². The Labute approximate surface area is 225 Å². The van der Waals surface area contributed by atoms with Crippen molar-refractivity contribution >= 4 is 54.2 Å². The predicted molar refractivity (Wildman–Crippen MR) is 148 cm³/mol. The first-order valence-electron chi connectivity index (χ1n) is 12.2. The van der Waals surface area contributed by atoms with Gasteiger partial charge in [0.2, 0.25) is 10.0 Å². The lowest BCUT2D eigenvalue weighted by molar-refractivity contribution is 0.0985. The van der Waals surface area contributed by atoms with E-state index in [1.54, 1.807) is 33.7 Å². The van der Waals surface area contributed by atoms with Crippen LogP contribution in [0, 0.1) is 6.92 Å². The van der Waals surface area contributed by atoms with E-state index in [1.807, 2.05) is 31.2 Å². The van der Waals surface area contributed by atoms with E-state index in [0.29, 0.717) is 35.4 Å². The second kappa shape index (κ2) is 10.9. The third-order valence-electron chi connectivity index (χ3n) is 6.51. The number of benzene rings is 2. The monoisotopic (exact) mass is 554 g/mol. The molecule has 1 aliphatic rings. The largest absolute Gasteiger partial charge is 0.279 e. The highest BCUT2D eigenvalue weighted by Gasteiger charge is 2.27. The third-order valence-corrected chi connectivity index (χ3v) is 9.67. The summed E-state index contributed by atoms with van der Waals surface area (Å²) < 4.78 is 28.8. The maximum Gasteiger partial charge on any atom is 0.260 e. The number of hydrogen-bond acceptors (Lipinski definition) is 6. The summed E-state index contributed by atoms with van der Waals surface area (Å²) >= 11 is 7.65. The van der Waals surface area contributed by atoms with Crippen LogP contribution >= 0.6 is 22.9 Å². The number of anilines is 1. The number of halogens is 1. The highest BCUT2D eigenvalue weighted by Crippen LogP contribution is 2.34. The van der Waals surface area contributed by atoms with E-state index >= 15 is 0 Å². The molecule has 7 nitrogen and oxygen atoms in total. The standard InChI is InChI=1S/C27H27ClN4O3S2/c1-19-16-22(28)17-24-25(19)30-27(36-24)32(18-20-10-12-29-13-11-20)26(33)21-6-8-23(9-7-21)37(34,35)31-14-4-2-3-5-15-31/h6-13,16-17H,2-5,14-15,18H2,1H3. The minimum absolute atomic E-state index is 0.205. The molecule has 0 spiro atoms. The second-order valence-electron chi connectivity index (χ2n) is 9.16. The predicted octanol–water partition coefficient (Wildman–Crippen LogP) is 6.06. The van der Waals surface area contributed by atoms with Gasteiger partial charge in [-0.15, -0.1) is 0 Å². The van der Waals surface area contributed by atoms with Gasteiger partial charge in [0.15, 0.2) is 5.13 Å². The number of carbonyl (C=O) groups is 1. The van der Waals surface area contributed by atoms with Crippen molar-refractivity contribution in [3.8, 4) is 0 Å². The summed E-state index contributed by atoms with van der Waals surface area (Å²) in [6.07, 6.45) is 7.19. The molecule has 2 aromatic heterocycles. The van der Waals surface area contributed by atoms with Gasteiger partial charge in [-0.3, -0.25) is 14.7 Å². The van der Waals surface area contributed by atoms with Crippen LogP contribution in [0.1, 0.15) is 47.2 Å². The molecule has 0 radical (unpaired) electrons. The summed E-state index contributed by atoms with van der Waals surface area (Å²) in [7, 11) is -3.60. The number of sulfonamides is 1. The molecule has 0 unspecified atom stereocenters. The average molecular weight is 555 g/mol. The van der Waals surface area contributed by atoms with Crippen LogP contribution in [0.4, 0.5) is 5.13 Å². The van der Waals surface area contributed by atoms with Crippen LogP contribution < -0.4 is 4.90 Å². The van der Waals surface area contributed by atoms with Crippen molar-refractivity contribution in [3.05, 3.63) is 82.6 Å². The molecular formula is C27H27ClN4O3S2. The van der Waals surface area contributed by atoms with Crippen molar-refractivity contribution in [2.45, 2.75) is 44.0 Å². The van der Waals surface area contributed by atoms with Crippen LogP contribution in [0.15, 0.2) is 65.8 Å². The van der Waals surface area contributed by atoms with E-state index in [9.17, 15) is 13.2 Å². The maximum absolute atomic E-state index is 13.8. The number of fused-ring (bicyclic) bond motifs is 1. The van der Waals surface area contributed by atoms with E-state index in [2.05, 4.69) is 4.98 Å². The Hall–Kier alpha value is -2.85. The maximum atomic E-state index is 13.8. The Morgan fingerprint density at radius 3 is 2.38 bits per heavy atom. The summed E-state index contributed by atoms with van der Waals surface area (Å²) in [5.41, 5.74) is 3.02. The zero-order valence-electron chi connectivity index (χ0n) is 20.4. The van der Waals surface area contributed by atoms with Crippen LogP contribution in [0.5, 0.6) is 0 Å². The van der Waals surface area contributed by atoms with Gasteiger partial charge in [-0.2, -0.15) is 4.31 Å². The quantitative estimate of drug-likeness (QED) is 0.289. The first kappa shape index (κ1) is 25.8. The van der Waals surface area contributed by atoms with Crippen molar-refractivity contribution in [1.82, 2.24) is 14.3 Å². The van der Waals surface area contributed by atoms with E-state index in [4.69, 9.17) is 16.6 Å². The normalized spacial score (nSPS) is 15.0. The minimum atomic E-state index is -3.60. The topological polar surface area (TPSA) is 83.5 Å². The lowest BCUT2D eigenvalue weighted by Crippen LogP contribution is -2.32. The van der Waals surface area contributed by atoms with Crippen LogP contribution in [-0.4, -0.2) is 41.7 Å². The third kappa shape index (κ3) is 5.55. The Bertz CT molecular complexity index is 1510. The van der Waals surface area contributed by atoms with E-state index < -0.39 is 10.0 Å². The van der Waals surface area contributed by atoms with Crippen molar-refractivity contribution in [1.29, 1.82) is 0 Å². The van der Waals surface area contributed by atoms with Gasteiger partial charge in [-0.05, 0) is 79.4 Å². The number of aryl methyl sites for hydroxylation is 1. The van der Waals surface area contributed by atoms with Crippen molar-refractivity contribution in [2.75, 3.05) is 18.0 Å². The smallest absolute Gasteiger partial charge is 0.260 e. The zero-order valence-corrected chi connectivity index (χ0v) is 22.8. The number of carbonyl (C=O) groups excluding carboxylic acids is 1. The lowest BCUT2D eigenvalue weighted by Gasteiger charge is -2.21. The van der Waals surface area contributed by atoms with Crippen LogP contribution in [0.25, 0.3) is 10.2 Å². The molecule has 1 saturated heterocycles. The van der Waals surface area contributed by atoms with Crippen LogP contribution in [0.3, 0.4) is 0 Å². The molecule has 37 heavy (non-hydrogen) atoms. The number of hydrogen-bond donors (Lipinski definition) is 0. The van der Waals surface area contributed by atoms with E-state index in [-0.39, 0.29) is 10.8 Å². The highest BCUT2D eigenvalue weighted by atomic mass is 35.5. The number of amides is 1. The summed E-state index contributed by atoms with van der Waals surface area (Å²) in [5.74, 6) is -0.265. The lowest BCUT2D eigenvalue weighted by atomic mass is 10.2. The molecule has 0 N–H and O–H groups in total. The van der Waals surface area contributed by atoms with Gasteiger partial charge in [0, 0.05) is 36.1 Å². The molecule has 1 amide bonds. The molecule has 2 aromatic carbocycles. The summed E-state index contributed by atoms with van der Waals surface area (Å²) in [5, 5.41) is 1.16. The number of aromatic nitrogens is 2. The SMILES string of the molecule is Cc1cc(Cl)cc2sc(N(Cc3ccncc3)C(=O)c3ccc(S(=O)(=O)N4CCCCCC4)cc3)nc12. The molecule has 1 fully saturated rings. The molecule has 5 rings (SSSR count). The summed E-state index contributed by atoms with van der Waals surface area (Å²) in [6, 6.07) is 13.6. The van der Waals surface area contributed by atoms with Gasteiger partial charge < -0.3 is 0 Å². The number of pyridine rings is 1. The minimum Gasteiger partial charge on any atom is -0.279 e. The van der Waals surface area contributed by atoms with Crippen LogP contribution in [-0.2, 0) is 16.6 Å². The fraction of sp³-hybridized carbons (Fsp3) is 0.296. The van der Waals surface area contributed by atoms with E-state index in [1.165, 1.54) is 23.5 Å². The molecule has 0 atom stereocenters. The Morgan fingerprint density at radius 2 is 1.70 bits per heavy atom. The van der Waals surface area contributed by atoms with Gasteiger partial charge >= 0.3 is 0 Å². The van der Waals surface area contributed by atoms with Crippen molar-refractivity contribution < 1.29 is 13.2 Å². The van der Waals surface area contributed by atoms with Gasteiger partial charge in [0.05, 0.1) is 21.7 Å². The molecule has 0 bridgehead atoms. The van der Waals surface area contributed by atoms with Gasteiger partial charge in [0.25, 0.3) is 5.91 Å². The molecule has 4 aromatic rings. The number of nitrogens with zero attached hydrogens (tertiary/aromatic N) is 4. The van der Waals surface area contributed by atoms with Gasteiger partial charge in [0.1, 0.15) is 0 Å². The summed E-state index contributed by atoms with van der Waals surface area (Å²) in [6.45, 7) is 3.30. The first-order valence-corrected chi connectivity index (χ1v) is 14.8. The number of rotatable bonds is 6. The van der Waals surface area contributed by atoms with Crippen molar-refractivity contribution in [3.63, 3.8) is 0 Å². The summed E-state index contributed by atoms with van der Waals surface area (Å²) in [4.78, 5) is 24.4. The van der Waals surface area contributed by atoms with E-state index in [0.717, 1.165) is 47.0 Å². The Balaban J connectivity index is 1.47. The molecular weight excluding hydrogens is 528 g/mol. The molecule has 0 saturated carbocycles. The highest BCUT2D eigenvalue weighted by molar-refractivity contribution is 7.89. The fourth-order valence-electron chi connectivity index (χ4n) is 4.51. The Kier molecular flexibility index (Phi) is 7.57. The fourth-order valence-corrected chi connectivity index (χ4v) is 7.45. The molecule has 0 aliphatic carbocycles. The molecule has 3 heterocycles. The van der Waals surface area contributed by atoms with Gasteiger partial charge in [-0.25, -0.2) is 13.4 Å². The molecule has 1 aliphatic heterocycles. The zero-order chi connectivity index (χ0) is 26.0. The molecule has 10 heteroatoms. The Morgan fingerprint density at radius 1 is 1.03 bits per heavy atom. The first-order chi connectivity index (χ1) is 17.8. The molecule has 192 valence electrons. The van der Waals surface area contributed by atoms with Crippen LogP contribution in [0.2, 0.25) is 5.02 Å². The second-order valence-corrected chi connectivity index (χ2v) is 12.5.